The normalized spacial score (nSPS) is 19.1. The van der Waals surface area contributed by atoms with Crippen molar-refractivity contribution in [1.29, 1.82) is 0 Å². The number of nitrogens with zero attached hydrogens (tertiary/aromatic N) is 1. The zero-order valence-corrected chi connectivity index (χ0v) is 11.1. The first-order valence-corrected chi connectivity index (χ1v) is 6.78. The van der Waals surface area contributed by atoms with E-state index in [1.807, 2.05) is 24.5 Å². The Morgan fingerprint density at radius 1 is 1.37 bits per heavy atom. The van der Waals surface area contributed by atoms with Crippen LogP contribution in [0.15, 0.2) is 42.7 Å². The van der Waals surface area contributed by atoms with Gasteiger partial charge in [-0.3, -0.25) is 4.98 Å². The van der Waals surface area contributed by atoms with E-state index in [-0.39, 0.29) is 0 Å². The first kappa shape index (κ1) is 12.2. The van der Waals surface area contributed by atoms with Crippen molar-refractivity contribution in [2.24, 2.45) is 0 Å². The number of pyridine rings is 1. The van der Waals surface area contributed by atoms with Crippen molar-refractivity contribution in [2.75, 3.05) is 5.73 Å². The first-order chi connectivity index (χ1) is 9.24. The molecule has 0 amide bonds. The smallest absolute Gasteiger partial charge is 0.0331 e. The molecule has 0 spiro atoms. The SMILES string of the molecule is CC(NC1CCc2cc(N)ccc21)c1cccnc1. The highest BCUT2D eigenvalue weighted by molar-refractivity contribution is 5.47. The Kier molecular flexibility index (Phi) is 3.22. The van der Waals surface area contributed by atoms with E-state index in [4.69, 9.17) is 5.73 Å². The second-order valence-corrected chi connectivity index (χ2v) is 5.22. The number of fused-ring (bicyclic) bond motifs is 1. The van der Waals surface area contributed by atoms with Crippen molar-refractivity contribution >= 4 is 5.69 Å². The minimum absolute atomic E-state index is 0.308. The molecule has 1 heterocycles. The van der Waals surface area contributed by atoms with Crippen LogP contribution in [0.25, 0.3) is 0 Å². The minimum atomic E-state index is 0.308. The molecular weight excluding hydrogens is 234 g/mol. The zero-order chi connectivity index (χ0) is 13.2. The predicted molar refractivity (Wildman–Crippen MR) is 77.7 cm³/mol. The van der Waals surface area contributed by atoms with Gasteiger partial charge in [-0.05, 0) is 54.7 Å². The zero-order valence-electron chi connectivity index (χ0n) is 11.1. The molecule has 3 rings (SSSR count). The van der Waals surface area contributed by atoms with Crippen LogP contribution in [0.5, 0.6) is 0 Å². The summed E-state index contributed by atoms with van der Waals surface area (Å²) in [4.78, 5) is 4.18. The largest absolute Gasteiger partial charge is 0.399 e. The number of hydrogen-bond donors (Lipinski definition) is 2. The molecule has 1 aliphatic rings. The van der Waals surface area contributed by atoms with Crippen molar-refractivity contribution in [3.8, 4) is 0 Å². The molecule has 0 fully saturated rings. The van der Waals surface area contributed by atoms with Crippen LogP contribution in [0.1, 0.15) is 42.1 Å². The molecule has 0 bridgehead atoms. The lowest BCUT2D eigenvalue weighted by atomic mass is 10.0. The van der Waals surface area contributed by atoms with E-state index in [9.17, 15) is 0 Å². The Labute approximate surface area is 113 Å². The van der Waals surface area contributed by atoms with Crippen molar-refractivity contribution in [3.63, 3.8) is 0 Å². The fourth-order valence-electron chi connectivity index (χ4n) is 2.84. The maximum Gasteiger partial charge on any atom is 0.0331 e. The van der Waals surface area contributed by atoms with Crippen molar-refractivity contribution in [2.45, 2.75) is 31.8 Å². The van der Waals surface area contributed by atoms with E-state index < -0.39 is 0 Å². The first-order valence-electron chi connectivity index (χ1n) is 6.78. The molecule has 2 unspecified atom stereocenters. The van der Waals surface area contributed by atoms with Gasteiger partial charge in [0.25, 0.3) is 0 Å². The maximum atomic E-state index is 5.84. The van der Waals surface area contributed by atoms with E-state index in [0.29, 0.717) is 12.1 Å². The van der Waals surface area contributed by atoms with Gasteiger partial charge < -0.3 is 11.1 Å². The van der Waals surface area contributed by atoms with Gasteiger partial charge in [0.1, 0.15) is 0 Å². The molecule has 1 aromatic heterocycles. The van der Waals surface area contributed by atoms with E-state index >= 15 is 0 Å². The minimum Gasteiger partial charge on any atom is -0.399 e. The molecule has 0 saturated carbocycles. The Hall–Kier alpha value is -1.87. The number of benzene rings is 1. The second kappa shape index (κ2) is 5.02. The van der Waals surface area contributed by atoms with Crippen LogP contribution in [-0.4, -0.2) is 4.98 Å². The third-order valence-corrected chi connectivity index (χ3v) is 3.88. The van der Waals surface area contributed by atoms with Crippen molar-refractivity contribution < 1.29 is 0 Å². The van der Waals surface area contributed by atoms with E-state index in [0.717, 1.165) is 18.5 Å². The summed E-state index contributed by atoms with van der Waals surface area (Å²) in [6.45, 7) is 2.19. The van der Waals surface area contributed by atoms with Gasteiger partial charge in [0.05, 0.1) is 0 Å². The van der Waals surface area contributed by atoms with Crippen LogP contribution in [0.3, 0.4) is 0 Å². The highest BCUT2D eigenvalue weighted by Crippen LogP contribution is 2.33. The number of nitrogens with two attached hydrogens (primary N) is 1. The van der Waals surface area contributed by atoms with Gasteiger partial charge in [-0.2, -0.15) is 0 Å². The summed E-state index contributed by atoms with van der Waals surface area (Å²) in [7, 11) is 0. The molecule has 3 N–H and O–H groups in total. The van der Waals surface area contributed by atoms with E-state index in [2.05, 4.69) is 35.4 Å². The molecular formula is C16H19N3. The fourth-order valence-corrected chi connectivity index (χ4v) is 2.84. The predicted octanol–water partition coefficient (Wildman–Crippen LogP) is 3.00. The highest BCUT2D eigenvalue weighted by atomic mass is 15.0. The summed E-state index contributed by atoms with van der Waals surface area (Å²) < 4.78 is 0. The average Bonchev–Trinajstić information content (AvgIpc) is 2.82. The summed E-state index contributed by atoms with van der Waals surface area (Å²) >= 11 is 0. The Balaban J connectivity index is 1.76. The van der Waals surface area contributed by atoms with Gasteiger partial charge in [0.2, 0.25) is 0 Å². The van der Waals surface area contributed by atoms with Gasteiger partial charge in [0, 0.05) is 30.2 Å². The lowest BCUT2D eigenvalue weighted by Crippen LogP contribution is -2.23. The molecule has 0 radical (unpaired) electrons. The molecule has 19 heavy (non-hydrogen) atoms. The molecule has 0 saturated heterocycles. The van der Waals surface area contributed by atoms with Crippen LogP contribution < -0.4 is 11.1 Å². The molecule has 2 aromatic rings. The molecule has 3 nitrogen and oxygen atoms in total. The number of nitrogen functional groups attached to an aromatic ring is 1. The van der Waals surface area contributed by atoms with E-state index in [1.165, 1.54) is 16.7 Å². The quantitative estimate of drug-likeness (QED) is 0.827. The summed E-state index contributed by atoms with van der Waals surface area (Å²) in [6, 6.07) is 11.1. The average molecular weight is 253 g/mol. The number of aromatic nitrogens is 1. The van der Waals surface area contributed by atoms with Crippen LogP contribution in [-0.2, 0) is 6.42 Å². The topological polar surface area (TPSA) is 50.9 Å². The molecule has 0 aliphatic heterocycles. The fraction of sp³-hybridized carbons (Fsp3) is 0.312. The Morgan fingerprint density at radius 3 is 3.05 bits per heavy atom. The van der Waals surface area contributed by atoms with Crippen LogP contribution >= 0.6 is 0 Å². The monoisotopic (exact) mass is 253 g/mol. The molecule has 1 aromatic carbocycles. The number of aryl methyl sites for hydroxylation is 1. The van der Waals surface area contributed by atoms with Crippen LogP contribution in [0.2, 0.25) is 0 Å². The Morgan fingerprint density at radius 2 is 2.26 bits per heavy atom. The van der Waals surface area contributed by atoms with Crippen LogP contribution in [0, 0.1) is 0 Å². The van der Waals surface area contributed by atoms with Gasteiger partial charge in [-0.25, -0.2) is 0 Å². The number of anilines is 1. The van der Waals surface area contributed by atoms with Crippen molar-refractivity contribution in [3.05, 3.63) is 59.4 Å². The molecule has 3 heteroatoms. The lowest BCUT2D eigenvalue weighted by Gasteiger charge is -2.20. The summed E-state index contributed by atoms with van der Waals surface area (Å²) in [5.41, 5.74) is 10.7. The molecule has 1 aliphatic carbocycles. The third-order valence-electron chi connectivity index (χ3n) is 3.88. The lowest BCUT2D eigenvalue weighted by molar-refractivity contribution is 0.464. The highest BCUT2D eigenvalue weighted by Gasteiger charge is 2.23. The van der Waals surface area contributed by atoms with Gasteiger partial charge in [0.15, 0.2) is 0 Å². The number of hydrogen-bond acceptors (Lipinski definition) is 3. The molecule has 98 valence electrons. The van der Waals surface area contributed by atoms with Gasteiger partial charge >= 0.3 is 0 Å². The standard InChI is InChI=1S/C16H19N3/c1-11(13-3-2-8-18-10-13)19-16-7-4-12-9-14(17)5-6-15(12)16/h2-3,5-6,8-11,16,19H,4,7,17H2,1H3. The third kappa shape index (κ3) is 2.47. The summed E-state index contributed by atoms with van der Waals surface area (Å²) in [5, 5.41) is 3.69. The number of rotatable bonds is 3. The maximum absolute atomic E-state index is 5.84. The number of nitrogens with one attached hydrogen (secondary N) is 1. The molecule has 2 atom stereocenters. The summed E-state index contributed by atoms with van der Waals surface area (Å²) in [6.07, 6.45) is 5.99. The van der Waals surface area contributed by atoms with Gasteiger partial charge in [-0.15, -0.1) is 0 Å². The second-order valence-electron chi connectivity index (χ2n) is 5.22. The van der Waals surface area contributed by atoms with Crippen LogP contribution in [0.4, 0.5) is 5.69 Å². The van der Waals surface area contributed by atoms with Crippen molar-refractivity contribution in [1.82, 2.24) is 10.3 Å². The van der Waals surface area contributed by atoms with Gasteiger partial charge in [-0.1, -0.05) is 12.1 Å². The van der Waals surface area contributed by atoms with E-state index in [1.54, 1.807) is 0 Å². The Bertz CT molecular complexity index is 565. The summed E-state index contributed by atoms with van der Waals surface area (Å²) in [5.74, 6) is 0.